The highest BCUT2D eigenvalue weighted by Crippen LogP contribution is 2.31. The van der Waals surface area contributed by atoms with Gasteiger partial charge in [0.2, 0.25) is 0 Å². The number of carbonyl (C=O) groups is 1. The highest BCUT2D eigenvalue weighted by Gasteiger charge is 2.34. The van der Waals surface area contributed by atoms with E-state index in [9.17, 15) is 9.90 Å². The molecule has 0 spiro atoms. The first-order chi connectivity index (χ1) is 9.07. The SMILES string of the molecule is CCC1CCCC(CNCC(CC)(CC)C(=O)O)C1. The first-order valence-corrected chi connectivity index (χ1v) is 8.02. The minimum absolute atomic E-state index is 0.571. The summed E-state index contributed by atoms with van der Waals surface area (Å²) in [7, 11) is 0. The van der Waals surface area contributed by atoms with Crippen molar-refractivity contribution in [3.8, 4) is 0 Å². The van der Waals surface area contributed by atoms with Gasteiger partial charge in [0, 0.05) is 6.54 Å². The van der Waals surface area contributed by atoms with Crippen LogP contribution in [0.25, 0.3) is 0 Å². The van der Waals surface area contributed by atoms with E-state index in [0.717, 1.165) is 18.4 Å². The Morgan fingerprint density at radius 1 is 1.21 bits per heavy atom. The van der Waals surface area contributed by atoms with E-state index in [1.165, 1.54) is 32.1 Å². The first kappa shape index (κ1) is 16.5. The Hall–Kier alpha value is -0.570. The Balaban J connectivity index is 2.37. The molecule has 0 aliphatic heterocycles. The molecular formula is C16H31NO2. The molecule has 3 nitrogen and oxygen atoms in total. The van der Waals surface area contributed by atoms with Gasteiger partial charge in [-0.3, -0.25) is 4.79 Å². The van der Waals surface area contributed by atoms with E-state index in [-0.39, 0.29) is 0 Å². The summed E-state index contributed by atoms with van der Waals surface area (Å²) in [5.41, 5.74) is -0.571. The van der Waals surface area contributed by atoms with Gasteiger partial charge in [-0.1, -0.05) is 40.0 Å². The van der Waals surface area contributed by atoms with Gasteiger partial charge in [0.1, 0.15) is 0 Å². The van der Waals surface area contributed by atoms with Gasteiger partial charge in [0.15, 0.2) is 0 Å². The fourth-order valence-electron chi connectivity index (χ4n) is 3.35. The van der Waals surface area contributed by atoms with E-state index < -0.39 is 11.4 Å². The number of carboxylic acid groups (broad SMARTS) is 1. The van der Waals surface area contributed by atoms with Crippen LogP contribution in [0.15, 0.2) is 0 Å². The lowest BCUT2D eigenvalue weighted by Crippen LogP contribution is -2.42. The van der Waals surface area contributed by atoms with E-state index in [1.807, 2.05) is 13.8 Å². The molecule has 0 radical (unpaired) electrons. The predicted molar refractivity (Wildman–Crippen MR) is 79.3 cm³/mol. The summed E-state index contributed by atoms with van der Waals surface area (Å²) in [4.78, 5) is 11.4. The van der Waals surface area contributed by atoms with Crippen LogP contribution in [-0.4, -0.2) is 24.2 Å². The van der Waals surface area contributed by atoms with E-state index >= 15 is 0 Å². The van der Waals surface area contributed by atoms with Crippen LogP contribution >= 0.6 is 0 Å². The maximum atomic E-state index is 11.4. The highest BCUT2D eigenvalue weighted by molar-refractivity contribution is 5.74. The Kier molecular flexibility index (Phi) is 6.84. The Labute approximate surface area is 118 Å². The zero-order valence-electron chi connectivity index (χ0n) is 12.9. The third kappa shape index (κ3) is 4.48. The number of hydrogen-bond acceptors (Lipinski definition) is 2. The molecule has 0 heterocycles. The van der Waals surface area contributed by atoms with Crippen LogP contribution in [0.3, 0.4) is 0 Å². The molecule has 112 valence electrons. The lowest BCUT2D eigenvalue weighted by molar-refractivity contribution is -0.149. The molecule has 0 aromatic rings. The fraction of sp³-hybridized carbons (Fsp3) is 0.938. The molecule has 2 N–H and O–H groups in total. The summed E-state index contributed by atoms with van der Waals surface area (Å²) >= 11 is 0. The summed E-state index contributed by atoms with van der Waals surface area (Å²) in [6.07, 6.45) is 8.05. The Morgan fingerprint density at radius 2 is 1.84 bits per heavy atom. The predicted octanol–water partition coefficient (Wildman–Crippen LogP) is 3.68. The largest absolute Gasteiger partial charge is 0.481 e. The quantitative estimate of drug-likeness (QED) is 0.706. The van der Waals surface area contributed by atoms with Crippen molar-refractivity contribution in [2.45, 2.75) is 65.7 Å². The average Bonchev–Trinajstić information content (AvgIpc) is 2.44. The monoisotopic (exact) mass is 269 g/mol. The molecule has 0 aromatic heterocycles. The molecular weight excluding hydrogens is 238 g/mol. The standard InChI is InChI=1S/C16H31NO2/c1-4-13-8-7-9-14(10-13)11-17-12-16(5-2,6-3)15(18)19/h13-14,17H,4-12H2,1-3H3,(H,18,19). The summed E-state index contributed by atoms with van der Waals surface area (Å²) in [5, 5.41) is 12.8. The lowest BCUT2D eigenvalue weighted by atomic mass is 9.79. The maximum absolute atomic E-state index is 11.4. The van der Waals surface area contributed by atoms with E-state index in [0.29, 0.717) is 19.4 Å². The Morgan fingerprint density at radius 3 is 2.37 bits per heavy atom. The molecule has 1 rings (SSSR count). The summed E-state index contributed by atoms with van der Waals surface area (Å²) in [6.45, 7) is 7.85. The van der Waals surface area contributed by atoms with Crippen LogP contribution in [0, 0.1) is 17.3 Å². The van der Waals surface area contributed by atoms with E-state index in [2.05, 4.69) is 12.2 Å². The van der Waals surface area contributed by atoms with Gasteiger partial charge in [-0.25, -0.2) is 0 Å². The Bertz CT molecular complexity index is 274. The molecule has 0 amide bonds. The molecule has 19 heavy (non-hydrogen) atoms. The summed E-state index contributed by atoms with van der Waals surface area (Å²) < 4.78 is 0. The van der Waals surface area contributed by atoms with Gasteiger partial charge in [-0.2, -0.15) is 0 Å². The van der Waals surface area contributed by atoms with Gasteiger partial charge in [-0.15, -0.1) is 0 Å². The summed E-state index contributed by atoms with van der Waals surface area (Å²) in [5.74, 6) is 0.987. The van der Waals surface area contributed by atoms with E-state index in [4.69, 9.17) is 0 Å². The number of carboxylic acids is 1. The van der Waals surface area contributed by atoms with Crippen LogP contribution in [0.2, 0.25) is 0 Å². The van der Waals surface area contributed by atoms with Gasteiger partial charge >= 0.3 is 5.97 Å². The van der Waals surface area contributed by atoms with Crippen molar-refractivity contribution in [1.82, 2.24) is 5.32 Å². The van der Waals surface area contributed by atoms with Gasteiger partial charge < -0.3 is 10.4 Å². The fourth-order valence-corrected chi connectivity index (χ4v) is 3.35. The van der Waals surface area contributed by atoms with Crippen LogP contribution in [0.4, 0.5) is 0 Å². The minimum Gasteiger partial charge on any atom is -0.481 e. The zero-order valence-corrected chi connectivity index (χ0v) is 12.9. The molecule has 2 unspecified atom stereocenters. The smallest absolute Gasteiger partial charge is 0.310 e. The van der Waals surface area contributed by atoms with Gasteiger partial charge in [0.25, 0.3) is 0 Å². The molecule has 1 aliphatic carbocycles. The zero-order chi connectivity index (χ0) is 14.3. The van der Waals surface area contributed by atoms with Crippen molar-refractivity contribution >= 4 is 5.97 Å². The lowest BCUT2D eigenvalue weighted by Gasteiger charge is -2.31. The number of nitrogens with one attached hydrogen (secondary N) is 1. The van der Waals surface area contributed by atoms with Crippen LogP contribution in [-0.2, 0) is 4.79 Å². The third-order valence-corrected chi connectivity index (χ3v) is 5.17. The summed E-state index contributed by atoms with van der Waals surface area (Å²) in [6, 6.07) is 0. The van der Waals surface area contributed by atoms with Crippen molar-refractivity contribution in [2.24, 2.45) is 17.3 Å². The second-order valence-corrected chi connectivity index (χ2v) is 6.23. The van der Waals surface area contributed by atoms with Crippen molar-refractivity contribution in [1.29, 1.82) is 0 Å². The average molecular weight is 269 g/mol. The molecule has 1 fully saturated rings. The molecule has 1 saturated carbocycles. The second-order valence-electron chi connectivity index (χ2n) is 6.23. The number of aliphatic carboxylic acids is 1. The second kappa shape index (κ2) is 7.88. The molecule has 0 bridgehead atoms. The molecule has 0 saturated heterocycles. The van der Waals surface area contributed by atoms with Crippen LogP contribution < -0.4 is 5.32 Å². The van der Waals surface area contributed by atoms with Crippen molar-refractivity contribution in [3.05, 3.63) is 0 Å². The van der Waals surface area contributed by atoms with Crippen molar-refractivity contribution < 1.29 is 9.90 Å². The van der Waals surface area contributed by atoms with Gasteiger partial charge in [-0.05, 0) is 44.1 Å². The minimum atomic E-state index is -0.653. The topological polar surface area (TPSA) is 49.3 Å². The van der Waals surface area contributed by atoms with E-state index in [1.54, 1.807) is 0 Å². The normalized spacial score (nSPS) is 24.4. The van der Waals surface area contributed by atoms with Crippen LogP contribution in [0.1, 0.15) is 65.7 Å². The molecule has 3 heteroatoms. The van der Waals surface area contributed by atoms with Gasteiger partial charge in [0.05, 0.1) is 5.41 Å². The van der Waals surface area contributed by atoms with Crippen molar-refractivity contribution in [2.75, 3.05) is 13.1 Å². The molecule has 1 aliphatic rings. The third-order valence-electron chi connectivity index (χ3n) is 5.17. The number of rotatable bonds is 8. The molecule has 2 atom stereocenters. The molecule has 0 aromatic carbocycles. The number of hydrogen-bond donors (Lipinski definition) is 2. The van der Waals surface area contributed by atoms with Crippen LogP contribution in [0.5, 0.6) is 0 Å². The first-order valence-electron chi connectivity index (χ1n) is 8.02. The van der Waals surface area contributed by atoms with Crippen molar-refractivity contribution in [3.63, 3.8) is 0 Å². The highest BCUT2D eigenvalue weighted by atomic mass is 16.4. The maximum Gasteiger partial charge on any atom is 0.310 e.